The van der Waals surface area contributed by atoms with Gasteiger partial charge in [0, 0.05) is 9.50 Å². The number of hydrogen-bond acceptors (Lipinski definition) is 1. The number of halogens is 2. The Labute approximate surface area is 103 Å². The van der Waals surface area contributed by atoms with Crippen LogP contribution in [0.25, 0.3) is 0 Å². The van der Waals surface area contributed by atoms with Gasteiger partial charge in [0.25, 0.3) is 0 Å². The van der Waals surface area contributed by atoms with Gasteiger partial charge in [-0.2, -0.15) is 0 Å². The zero-order valence-corrected chi connectivity index (χ0v) is 11.2. The van der Waals surface area contributed by atoms with Gasteiger partial charge in [-0.1, -0.05) is 33.6 Å². The molecule has 0 atom stereocenters. The van der Waals surface area contributed by atoms with Crippen LogP contribution in [0.1, 0.15) is 25.0 Å². The Balaban J connectivity index is 3.38. The maximum Gasteiger partial charge on any atom is 0.227 e. The molecule has 0 bridgehead atoms. The lowest BCUT2D eigenvalue weighted by Gasteiger charge is -2.23. The summed E-state index contributed by atoms with van der Waals surface area (Å²) in [7, 11) is 0. The third-order valence-electron chi connectivity index (χ3n) is 2.54. The number of amides is 1. The highest BCUT2D eigenvalue weighted by atomic mass is 79.9. The van der Waals surface area contributed by atoms with Gasteiger partial charge in [0.1, 0.15) is 0 Å². The number of benzene rings is 1. The molecule has 1 aromatic rings. The quantitative estimate of drug-likeness (QED) is 0.893. The number of carbonyl (C=O) groups is 1. The first-order chi connectivity index (χ1) is 6.76. The van der Waals surface area contributed by atoms with Gasteiger partial charge in [-0.25, -0.2) is 0 Å². The lowest BCUT2D eigenvalue weighted by atomic mass is 9.83. The van der Waals surface area contributed by atoms with Gasteiger partial charge in [-0.3, -0.25) is 4.79 Å². The molecule has 0 fully saturated rings. The van der Waals surface area contributed by atoms with Crippen molar-refractivity contribution in [3.05, 3.63) is 32.8 Å². The summed E-state index contributed by atoms with van der Waals surface area (Å²) in [5.41, 5.74) is 6.40. The van der Waals surface area contributed by atoms with Crippen molar-refractivity contribution in [3.63, 3.8) is 0 Å². The van der Waals surface area contributed by atoms with E-state index in [1.165, 1.54) is 0 Å². The van der Waals surface area contributed by atoms with Gasteiger partial charge < -0.3 is 5.73 Å². The average molecular weight is 291 g/mol. The van der Waals surface area contributed by atoms with Gasteiger partial charge in [0.2, 0.25) is 5.91 Å². The maximum absolute atomic E-state index is 11.3. The molecule has 0 aliphatic rings. The Morgan fingerprint density at radius 3 is 2.47 bits per heavy atom. The first kappa shape index (κ1) is 12.5. The van der Waals surface area contributed by atoms with Crippen molar-refractivity contribution >= 4 is 33.4 Å². The Bertz CT molecular complexity index is 415. The van der Waals surface area contributed by atoms with Gasteiger partial charge in [-0.05, 0) is 38.0 Å². The molecule has 0 aromatic heterocycles. The molecule has 4 heteroatoms. The SMILES string of the molecule is Cc1cc(C(C)(C)C(N)=O)c(Cl)cc1Br. The second kappa shape index (κ2) is 4.14. The van der Waals surface area contributed by atoms with Gasteiger partial charge in [0.15, 0.2) is 0 Å². The van der Waals surface area contributed by atoms with Crippen LogP contribution in [-0.4, -0.2) is 5.91 Å². The summed E-state index contributed by atoms with van der Waals surface area (Å²) in [6, 6.07) is 3.67. The molecule has 0 unspecified atom stereocenters. The number of carbonyl (C=O) groups excluding carboxylic acids is 1. The lowest BCUT2D eigenvalue weighted by molar-refractivity contribution is -0.122. The standard InChI is InChI=1S/C11H13BrClNO/c1-6-4-7(9(13)5-8(6)12)11(2,3)10(14)15/h4-5H,1-3H3,(H2,14,15). The number of aryl methyl sites for hydroxylation is 1. The van der Waals surface area contributed by atoms with E-state index in [1.54, 1.807) is 19.9 Å². The smallest absolute Gasteiger partial charge is 0.227 e. The Hall–Kier alpha value is -0.540. The zero-order chi connectivity index (χ0) is 11.8. The summed E-state index contributed by atoms with van der Waals surface area (Å²) in [4.78, 5) is 11.3. The lowest BCUT2D eigenvalue weighted by Crippen LogP contribution is -2.35. The van der Waals surface area contributed by atoms with Crippen molar-refractivity contribution in [2.75, 3.05) is 0 Å². The number of primary amides is 1. The van der Waals surface area contributed by atoms with Crippen molar-refractivity contribution in [1.29, 1.82) is 0 Å². The van der Waals surface area contributed by atoms with Crippen molar-refractivity contribution in [2.24, 2.45) is 5.73 Å². The molecule has 1 rings (SSSR count). The minimum atomic E-state index is -0.747. The van der Waals surface area contributed by atoms with Crippen LogP contribution in [-0.2, 0) is 10.2 Å². The summed E-state index contributed by atoms with van der Waals surface area (Å²) < 4.78 is 0.927. The third-order valence-corrected chi connectivity index (χ3v) is 3.70. The predicted octanol–water partition coefficient (Wildman–Crippen LogP) is 3.17. The third kappa shape index (κ3) is 2.34. The van der Waals surface area contributed by atoms with Crippen molar-refractivity contribution in [3.8, 4) is 0 Å². The van der Waals surface area contributed by atoms with Crippen molar-refractivity contribution < 1.29 is 4.79 Å². The largest absolute Gasteiger partial charge is 0.369 e. The molecule has 0 spiro atoms. The molecule has 0 saturated carbocycles. The van der Waals surface area contributed by atoms with Crippen LogP contribution in [0.3, 0.4) is 0 Å². The van der Waals surface area contributed by atoms with E-state index in [0.29, 0.717) is 5.02 Å². The van der Waals surface area contributed by atoms with Crippen LogP contribution in [0.5, 0.6) is 0 Å². The van der Waals surface area contributed by atoms with E-state index in [0.717, 1.165) is 15.6 Å². The minimum absolute atomic E-state index is 0.383. The fourth-order valence-electron chi connectivity index (χ4n) is 1.27. The predicted molar refractivity (Wildman–Crippen MR) is 66.1 cm³/mol. The molecule has 0 saturated heterocycles. The highest BCUT2D eigenvalue weighted by Gasteiger charge is 2.29. The summed E-state index contributed by atoms with van der Waals surface area (Å²) in [5.74, 6) is -0.383. The second-order valence-corrected chi connectivity index (χ2v) is 5.33. The Morgan fingerprint density at radius 2 is 2.00 bits per heavy atom. The first-order valence-electron chi connectivity index (χ1n) is 4.53. The first-order valence-corrected chi connectivity index (χ1v) is 5.70. The van der Waals surface area contributed by atoms with Gasteiger partial charge in [0.05, 0.1) is 5.41 Å². The molecule has 15 heavy (non-hydrogen) atoms. The Kier molecular flexibility index (Phi) is 3.46. The van der Waals surface area contributed by atoms with Crippen LogP contribution >= 0.6 is 27.5 Å². The van der Waals surface area contributed by atoms with Crippen LogP contribution in [0.2, 0.25) is 5.02 Å². The van der Waals surface area contributed by atoms with Gasteiger partial charge >= 0.3 is 0 Å². The molecule has 82 valence electrons. The van der Waals surface area contributed by atoms with E-state index < -0.39 is 5.41 Å². The number of hydrogen-bond donors (Lipinski definition) is 1. The van der Waals surface area contributed by atoms with Crippen LogP contribution in [0.15, 0.2) is 16.6 Å². The van der Waals surface area contributed by atoms with E-state index in [2.05, 4.69) is 15.9 Å². The van der Waals surface area contributed by atoms with Crippen molar-refractivity contribution in [2.45, 2.75) is 26.2 Å². The summed E-state index contributed by atoms with van der Waals surface area (Å²) in [6.07, 6.45) is 0. The van der Waals surface area contributed by atoms with E-state index in [-0.39, 0.29) is 5.91 Å². The van der Waals surface area contributed by atoms with Crippen LogP contribution in [0.4, 0.5) is 0 Å². The second-order valence-electron chi connectivity index (χ2n) is 4.07. The summed E-state index contributed by atoms with van der Waals surface area (Å²) in [5, 5.41) is 0.552. The molecular weight excluding hydrogens is 277 g/mol. The van der Waals surface area contributed by atoms with Crippen LogP contribution < -0.4 is 5.73 Å². The molecule has 2 N–H and O–H groups in total. The normalized spacial score (nSPS) is 11.5. The number of nitrogens with two attached hydrogens (primary N) is 1. The topological polar surface area (TPSA) is 43.1 Å². The minimum Gasteiger partial charge on any atom is -0.369 e. The van der Waals surface area contributed by atoms with Gasteiger partial charge in [-0.15, -0.1) is 0 Å². The molecule has 0 radical (unpaired) electrons. The fourth-order valence-corrected chi connectivity index (χ4v) is 2.14. The molecular formula is C11H13BrClNO. The van der Waals surface area contributed by atoms with Crippen molar-refractivity contribution in [1.82, 2.24) is 0 Å². The van der Waals surface area contributed by atoms with E-state index in [4.69, 9.17) is 17.3 Å². The van der Waals surface area contributed by atoms with E-state index in [9.17, 15) is 4.79 Å². The zero-order valence-electron chi connectivity index (χ0n) is 8.90. The van der Waals surface area contributed by atoms with E-state index >= 15 is 0 Å². The monoisotopic (exact) mass is 289 g/mol. The highest BCUT2D eigenvalue weighted by Crippen LogP contribution is 2.33. The molecule has 1 aromatic carbocycles. The maximum atomic E-state index is 11.3. The molecule has 0 aliphatic heterocycles. The molecule has 0 heterocycles. The summed E-state index contributed by atoms with van der Waals surface area (Å²) >= 11 is 9.48. The molecule has 2 nitrogen and oxygen atoms in total. The molecule has 1 amide bonds. The highest BCUT2D eigenvalue weighted by molar-refractivity contribution is 9.10. The number of rotatable bonds is 2. The van der Waals surface area contributed by atoms with Crippen LogP contribution in [0, 0.1) is 6.92 Å². The summed E-state index contributed by atoms with van der Waals surface area (Å²) in [6.45, 7) is 5.48. The fraction of sp³-hybridized carbons (Fsp3) is 0.364. The Morgan fingerprint density at radius 1 is 1.47 bits per heavy atom. The van der Waals surface area contributed by atoms with E-state index in [1.807, 2.05) is 13.0 Å². The molecule has 0 aliphatic carbocycles. The average Bonchev–Trinajstić information content (AvgIpc) is 2.10.